The molecule has 0 radical (unpaired) electrons. The zero-order valence-corrected chi connectivity index (χ0v) is 22.1. The molecule has 1 aliphatic carbocycles. The predicted octanol–water partition coefficient (Wildman–Crippen LogP) is 7.28. The second-order valence-corrected chi connectivity index (χ2v) is 10.7. The number of aromatic nitrogens is 2. The van der Waals surface area contributed by atoms with E-state index in [-0.39, 0.29) is 48.5 Å². The van der Waals surface area contributed by atoms with Gasteiger partial charge in [-0.05, 0) is 55.7 Å². The molecule has 1 aromatic carbocycles. The molecule has 0 unspecified atom stereocenters. The number of hydrogen-bond acceptors (Lipinski definition) is 6. The molecule has 0 bridgehead atoms. The zero-order valence-electron chi connectivity index (χ0n) is 21.4. The van der Waals surface area contributed by atoms with Crippen LogP contribution >= 0.6 is 11.6 Å². The second-order valence-electron chi connectivity index (χ2n) is 10.3. The number of rotatable bonds is 12. The molecule has 8 nitrogen and oxygen atoms in total. The summed E-state index contributed by atoms with van der Waals surface area (Å²) in [6.45, 7) is 5.27. The van der Waals surface area contributed by atoms with Gasteiger partial charge in [0.15, 0.2) is 11.5 Å². The van der Waals surface area contributed by atoms with Crippen molar-refractivity contribution in [3.63, 3.8) is 0 Å². The molecular formula is C27H30ClF2N3O5. The highest BCUT2D eigenvalue weighted by Crippen LogP contribution is 2.49. The molecule has 1 amide bonds. The molecule has 1 atom stereocenters. The zero-order chi connectivity index (χ0) is 27.6. The lowest BCUT2D eigenvalue weighted by atomic mass is 9.90. The summed E-state index contributed by atoms with van der Waals surface area (Å²) in [5.74, 6) is -5.72. The third-order valence-corrected chi connectivity index (χ3v) is 6.75. The van der Waals surface area contributed by atoms with E-state index < -0.39 is 30.0 Å². The molecule has 2 heterocycles. The fraction of sp³-hybridized carbons (Fsp3) is 0.481. The monoisotopic (exact) mass is 549 g/mol. The first-order valence-electron chi connectivity index (χ1n) is 12.6. The van der Waals surface area contributed by atoms with Crippen LogP contribution in [0, 0.1) is 12.8 Å². The van der Waals surface area contributed by atoms with E-state index in [0.717, 1.165) is 24.5 Å². The fourth-order valence-corrected chi connectivity index (χ4v) is 4.79. The van der Waals surface area contributed by atoms with Gasteiger partial charge >= 0.3 is 11.9 Å². The van der Waals surface area contributed by atoms with Crippen molar-refractivity contribution in [2.75, 3.05) is 5.32 Å². The first-order chi connectivity index (χ1) is 17.9. The number of hydrogen-bond donors (Lipinski definition) is 2. The highest BCUT2D eigenvalue weighted by Gasteiger charge is 2.40. The molecule has 2 aromatic heterocycles. The summed E-state index contributed by atoms with van der Waals surface area (Å²) in [5, 5.41) is 20.5. The van der Waals surface area contributed by atoms with Gasteiger partial charge in [0.25, 0.3) is 0 Å². The molecule has 1 fully saturated rings. The molecule has 11 heteroatoms. The highest BCUT2D eigenvalue weighted by atomic mass is 35.5. The van der Waals surface area contributed by atoms with Crippen molar-refractivity contribution < 1.29 is 32.5 Å². The van der Waals surface area contributed by atoms with Crippen LogP contribution in [0.4, 0.5) is 14.5 Å². The number of alkyl halides is 2. The van der Waals surface area contributed by atoms with Gasteiger partial charge in [-0.3, -0.25) is 9.59 Å². The third-order valence-electron chi connectivity index (χ3n) is 6.43. The van der Waals surface area contributed by atoms with Gasteiger partial charge in [-0.2, -0.15) is 8.78 Å². The lowest BCUT2D eigenvalue weighted by Gasteiger charge is -2.16. The molecule has 0 aliphatic heterocycles. The molecule has 1 saturated carbocycles. The van der Waals surface area contributed by atoms with Crippen molar-refractivity contribution >= 4 is 29.2 Å². The summed E-state index contributed by atoms with van der Waals surface area (Å²) in [6, 6.07) is 6.40. The van der Waals surface area contributed by atoms with E-state index in [0.29, 0.717) is 22.0 Å². The Balaban J connectivity index is 1.62. The minimum atomic E-state index is -3.19. The minimum absolute atomic E-state index is 0.0458. The van der Waals surface area contributed by atoms with E-state index in [1.165, 1.54) is 0 Å². The van der Waals surface area contributed by atoms with Crippen molar-refractivity contribution in [2.45, 2.75) is 77.1 Å². The molecule has 4 rings (SSSR count). The molecule has 0 saturated heterocycles. The second kappa shape index (κ2) is 11.2. The summed E-state index contributed by atoms with van der Waals surface area (Å²) in [7, 11) is 0. The van der Waals surface area contributed by atoms with E-state index in [1.54, 1.807) is 26.0 Å². The van der Waals surface area contributed by atoms with Crippen LogP contribution in [0.3, 0.4) is 0 Å². The van der Waals surface area contributed by atoms with Crippen molar-refractivity contribution in [3.05, 3.63) is 51.9 Å². The Morgan fingerprint density at radius 3 is 2.58 bits per heavy atom. The number of amides is 1. The number of carbonyl (C=O) groups excluding carboxylic acids is 1. The third kappa shape index (κ3) is 6.59. The molecule has 3 aromatic rings. The number of aliphatic carboxylic acids is 1. The SMILES string of the molecule is Cc1ccc(NC(=O)C[C@H](CCC(=O)O)c2noc(-c3cc(C(F)(F)CC(C)C)on3)c2C2CC2)c(Cl)c1. The molecular weight excluding hydrogens is 520 g/mol. The van der Waals surface area contributed by atoms with Gasteiger partial charge in [-0.25, -0.2) is 0 Å². The van der Waals surface area contributed by atoms with E-state index in [9.17, 15) is 23.5 Å². The maximum Gasteiger partial charge on any atom is 0.307 e. The summed E-state index contributed by atoms with van der Waals surface area (Å²) in [6.07, 6.45) is 1.13. The maximum absolute atomic E-state index is 14.6. The summed E-state index contributed by atoms with van der Waals surface area (Å²) < 4.78 is 39.8. The molecule has 204 valence electrons. The largest absolute Gasteiger partial charge is 0.481 e. The normalized spacial score (nSPS) is 14.6. The summed E-state index contributed by atoms with van der Waals surface area (Å²) >= 11 is 6.25. The van der Waals surface area contributed by atoms with Crippen molar-refractivity contribution in [2.24, 2.45) is 5.92 Å². The number of aryl methyl sites for hydroxylation is 1. The molecule has 0 spiro atoms. The lowest BCUT2D eigenvalue weighted by Crippen LogP contribution is -2.17. The number of nitrogens with zero attached hydrogens (tertiary/aromatic N) is 2. The Morgan fingerprint density at radius 1 is 1.21 bits per heavy atom. The van der Waals surface area contributed by atoms with Gasteiger partial charge in [0.2, 0.25) is 11.7 Å². The molecule has 2 N–H and O–H groups in total. The van der Waals surface area contributed by atoms with Gasteiger partial charge in [0, 0.05) is 36.8 Å². The number of carbonyl (C=O) groups is 2. The Morgan fingerprint density at radius 2 is 1.95 bits per heavy atom. The van der Waals surface area contributed by atoms with Crippen LogP contribution in [0.15, 0.2) is 33.3 Å². The van der Waals surface area contributed by atoms with Crippen LogP contribution in [0.5, 0.6) is 0 Å². The Labute approximate surface area is 223 Å². The first kappa shape index (κ1) is 27.8. The van der Waals surface area contributed by atoms with Gasteiger partial charge in [-0.1, -0.05) is 41.8 Å². The van der Waals surface area contributed by atoms with Gasteiger partial charge in [-0.15, -0.1) is 0 Å². The van der Waals surface area contributed by atoms with Crippen LogP contribution in [-0.2, 0) is 15.5 Å². The van der Waals surface area contributed by atoms with Gasteiger partial charge < -0.3 is 19.5 Å². The smallest absolute Gasteiger partial charge is 0.307 e. The van der Waals surface area contributed by atoms with Crippen LogP contribution in [0.1, 0.15) is 86.8 Å². The first-order valence-corrected chi connectivity index (χ1v) is 12.9. The Kier molecular flexibility index (Phi) is 8.20. The van der Waals surface area contributed by atoms with E-state index in [1.807, 2.05) is 13.0 Å². The van der Waals surface area contributed by atoms with Gasteiger partial charge in [0.05, 0.1) is 16.4 Å². The average Bonchev–Trinajstić information content (AvgIpc) is 3.35. The number of benzene rings is 1. The maximum atomic E-state index is 14.6. The van der Waals surface area contributed by atoms with Gasteiger partial charge in [0.1, 0.15) is 0 Å². The van der Waals surface area contributed by atoms with Crippen LogP contribution in [-0.4, -0.2) is 27.3 Å². The molecule has 1 aliphatic rings. The van der Waals surface area contributed by atoms with E-state index in [2.05, 4.69) is 15.6 Å². The van der Waals surface area contributed by atoms with Crippen LogP contribution < -0.4 is 5.32 Å². The number of carboxylic acids is 1. The lowest BCUT2D eigenvalue weighted by molar-refractivity contribution is -0.137. The summed E-state index contributed by atoms with van der Waals surface area (Å²) in [5.41, 5.74) is 2.58. The Bertz CT molecular complexity index is 1320. The van der Waals surface area contributed by atoms with Crippen molar-refractivity contribution in [3.8, 4) is 11.5 Å². The topological polar surface area (TPSA) is 118 Å². The van der Waals surface area contributed by atoms with Crippen molar-refractivity contribution in [1.82, 2.24) is 10.3 Å². The van der Waals surface area contributed by atoms with Crippen LogP contribution in [0.2, 0.25) is 5.02 Å². The standard InChI is InChI=1S/C27H30ClF2N3O5/c1-14(2)13-27(29,30)21-12-20(32-37-21)26-24(16-5-6-16)25(33-38-26)17(7-9-23(35)36)11-22(34)31-19-8-4-15(3)10-18(19)28/h4,8,10,12,14,16-17H,5-7,9,11,13H2,1-3H3,(H,31,34)(H,35,36)/t17-/m0/s1. The van der Waals surface area contributed by atoms with E-state index in [4.69, 9.17) is 20.6 Å². The van der Waals surface area contributed by atoms with Crippen LogP contribution in [0.25, 0.3) is 11.5 Å². The quantitative estimate of drug-likeness (QED) is 0.243. The highest BCUT2D eigenvalue weighted by molar-refractivity contribution is 6.33. The average molecular weight is 550 g/mol. The van der Waals surface area contributed by atoms with E-state index >= 15 is 0 Å². The number of halogens is 3. The number of carboxylic acid groups (broad SMARTS) is 1. The minimum Gasteiger partial charge on any atom is -0.481 e. The van der Waals surface area contributed by atoms with Crippen molar-refractivity contribution in [1.29, 1.82) is 0 Å². The number of nitrogens with one attached hydrogen (secondary N) is 1. The predicted molar refractivity (Wildman–Crippen MR) is 136 cm³/mol. The Hall–Kier alpha value is -3.27. The fourth-order valence-electron chi connectivity index (χ4n) is 4.50. The summed E-state index contributed by atoms with van der Waals surface area (Å²) in [4.78, 5) is 24.3. The molecule has 38 heavy (non-hydrogen) atoms. The number of anilines is 1.